The third-order valence-electron chi connectivity index (χ3n) is 4.33. The zero-order valence-corrected chi connectivity index (χ0v) is 15.7. The van der Waals surface area contributed by atoms with E-state index in [-0.39, 0.29) is 29.3 Å². The molecule has 1 aliphatic rings. The molecule has 0 saturated carbocycles. The Morgan fingerprint density at radius 2 is 1.72 bits per heavy atom. The highest BCUT2D eigenvalue weighted by atomic mass is 35.5. The van der Waals surface area contributed by atoms with Crippen molar-refractivity contribution in [2.24, 2.45) is 5.73 Å². The minimum absolute atomic E-state index is 0. The summed E-state index contributed by atoms with van der Waals surface area (Å²) in [6, 6.07) is 16.2. The van der Waals surface area contributed by atoms with E-state index in [4.69, 9.17) is 10.5 Å². The summed E-state index contributed by atoms with van der Waals surface area (Å²) < 4.78 is 32.6. The molecule has 7 heteroatoms. The van der Waals surface area contributed by atoms with Gasteiger partial charge >= 0.3 is 0 Å². The maximum Gasteiger partial charge on any atom is 0.243 e. The lowest BCUT2D eigenvalue weighted by atomic mass is 9.95. The van der Waals surface area contributed by atoms with Crippen LogP contribution < -0.4 is 10.5 Å². The predicted octanol–water partition coefficient (Wildman–Crippen LogP) is 2.62. The highest BCUT2D eigenvalue weighted by Crippen LogP contribution is 2.30. The zero-order valence-electron chi connectivity index (χ0n) is 14.0. The first kappa shape index (κ1) is 19.7. The first-order valence-electron chi connectivity index (χ1n) is 8.06. The smallest absolute Gasteiger partial charge is 0.243 e. The van der Waals surface area contributed by atoms with Gasteiger partial charge < -0.3 is 10.5 Å². The van der Waals surface area contributed by atoms with E-state index in [9.17, 15) is 8.42 Å². The van der Waals surface area contributed by atoms with Crippen molar-refractivity contribution >= 4 is 22.4 Å². The normalized spacial score (nSPS) is 20.9. The van der Waals surface area contributed by atoms with Crippen LogP contribution in [-0.4, -0.2) is 38.5 Å². The van der Waals surface area contributed by atoms with Gasteiger partial charge in [-0.3, -0.25) is 0 Å². The highest BCUT2D eigenvalue weighted by molar-refractivity contribution is 7.89. The Bertz CT molecular complexity index is 782. The van der Waals surface area contributed by atoms with Crippen molar-refractivity contribution in [3.8, 4) is 5.75 Å². The molecule has 0 spiro atoms. The van der Waals surface area contributed by atoms with E-state index in [1.807, 2.05) is 37.3 Å². The van der Waals surface area contributed by atoms with Gasteiger partial charge in [-0.25, -0.2) is 8.42 Å². The number of benzene rings is 2. The SMILES string of the molecule is CCOc1ccc(S(=O)(=O)N2C[C@@H](N)[C@H](c3ccccc3)C2)cc1.Cl. The number of rotatable bonds is 5. The van der Waals surface area contributed by atoms with Crippen LogP contribution in [0.4, 0.5) is 0 Å². The van der Waals surface area contributed by atoms with Crippen molar-refractivity contribution in [3.63, 3.8) is 0 Å². The molecule has 25 heavy (non-hydrogen) atoms. The van der Waals surface area contributed by atoms with Crippen LogP contribution in [0.15, 0.2) is 59.5 Å². The average molecular weight is 383 g/mol. The van der Waals surface area contributed by atoms with Crippen molar-refractivity contribution < 1.29 is 13.2 Å². The molecule has 2 N–H and O–H groups in total. The molecule has 136 valence electrons. The number of halogens is 1. The van der Waals surface area contributed by atoms with E-state index in [1.165, 1.54) is 4.31 Å². The molecule has 0 aromatic heterocycles. The summed E-state index contributed by atoms with van der Waals surface area (Å²) in [7, 11) is -3.55. The molecule has 1 heterocycles. The summed E-state index contributed by atoms with van der Waals surface area (Å²) >= 11 is 0. The number of hydrogen-bond acceptors (Lipinski definition) is 4. The van der Waals surface area contributed by atoms with Gasteiger partial charge in [0.25, 0.3) is 0 Å². The first-order valence-corrected chi connectivity index (χ1v) is 9.50. The lowest BCUT2D eigenvalue weighted by molar-refractivity contribution is 0.340. The molecular weight excluding hydrogens is 360 g/mol. The molecule has 0 unspecified atom stereocenters. The Labute approximate surface area is 155 Å². The summed E-state index contributed by atoms with van der Waals surface area (Å²) in [4.78, 5) is 0.270. The molecular formula is C18H23ClN2O3S. The molecule has 2 aromatic rings. The quantitative estimate of drug-likeness (QED) is 0.862. The average Bonchev–Trinajstić information content (AvgIpc) is 2.99. The molecule has 1 fully saturated rings. The molecule has 0 amide bonds. The Hall–Kier alpha value is -1.60. The zero-order chi connectivity index (χ0) is 17.2. The van der Waals surface area contributed by atoms with E-state index in [1.54, 1.807) is 24.3 Å². The highest BCUT2D eigenvalue weighted by Gasteiger charge is 2.38. The fraction of sp³-hybridized carbons (Fsp3) is 0.333. The standard InChI is InChI=1S/C18H22N2O3S.ClH/c1-2-23-15-8-10-16(11-9-15)24(21,22)20-12-17(18(19)13-20)14-6-4-3-5-7-14;/h3-11,17-18H,2,12-13,19H2,1H3;1H/t17-,18+;/m0./s1. The number of ether oxygens (including phenoxy) is 1. The summed E-state index contributed by atoms with van der Waals surface area (Å²) in [6.07, 6.45) is 0. The maximum atomic E-state index is 12.9. The van der Waals surface area contributed by atoms with Crippen LogP contribution >= 0.6 is 12.4 Å². The second kappa shape index (κ2) is 8.19. The van der Waals surface area contributed by atoms with Crippen molar-refractivity contribution in [2.75, 3.05) is 19.7 Å². The number of nitrogens with two attached hydrogens (primary N) is 1. The third-order valence-corrected chi connectivity index (χ3v) is 6.18. The molecule has 1 aliphatic heterocycles. The van der Waals surface area contributed by atoms with Crippen molar-refractivity contribution in [1.82, 2.24) is 4.31 Å². The molecule has 2 aromatic carbocycles. The molecule has 0 radical (unpaired) electrons. The Balaban J connectivity index is 0.00000225. The van der Waals surface area contributed by atoms with Crippen LogP contribution in [0.25, 0.3) is 0 Å². The fourth-order valence-corrected chi connectivity index (χ4v) is 4.57. The van der Waals surface area contributed by atoms with Gasteiger partial charge in [-0.05, 0) is 36.8 Å². The number of nitrogens with zero attached hydrogens (tertiary/aromatic N) is 1. The van der Waals surface area contributed by atoms with Crippen LogP contribution in [0.1, 0.15) is 18.4 Å². The third kappa shape index (κ3) is 4.15. The van der Waals surface area contributed by atoms with E-state index in [2.05, 4.69) is 0 Å². The lowest BCUT2D eigenvalue weighted by Gasteiger charge is -2.17. The number of hydrogen-bond donors (Lipinski definition) is 1. The van der Waals surface area contributed by atoms with Crippen LogP contribution in [-0.2, 0) is 10.0 Å². The van der Waals surface area contributed by atoms with Crippen molar-refractivity contribution in [3.05, 3.63) is 60.2 Å². The van der Waals surface area contributed by atoms with Crippen molar-refractivity contribution in [2.45, 2.75) is 23.8 Å². The van der Waals surface area contributed by atoms with Gasteiger partial charge in [-0.2, -0.15) is 4.31 Å². The van der Waals surface area contributed by atoms with Gasteiger partial charge in [0.1, 0.15) is 5.75 Å². The maximum absolute atomic E-state index is 12.9. The summed E-state index contributed by atoms with van der Waals surface area (Å²) in [5.74, 6) is 0.681. The monoisotopic (exact) mass is 382 g/mol. The summed E-state index contributed by atoms with van der Waals surface area (Å²) in [5.41, 5.74) is 7.29. The Morgan fingerprint density at radius 1 is 1.08 bits per heavy atom. The molecule has 2 atom stereocenters. The second-order valence-corrected chi connectivity index (χ2v) is 7.85. The topological polar surface area (TPSA) is 72.6 Å². The van der Waals surface area contributed by atoms with Crippen LogP contribution in [0.2, 0.25) is 0 Å². The van der Waals surface area contributed by atoms with Crippen molar-refractivity contribution in [1.29, 1.82) is 0 Å². The van der Waals surface area contributed by atoms with Gasteiger partial charge in [0, 0.05) is 25.0 Å². The van der Waals surface area contributed by atoms with E-state index >= 15 is 0 Å². The predicted molar refractivity (Wildman–Crippen MR) is 101 cm³/mol. The van der Waals surface area contributed by atoms with Crippen LogP contribution in [0, 0.1) is 0 Å². The Morgan fingerprint density at radius 3 is 2.32 bits per heavy atom. The Kier molecular flexibility index (Phi) is 6.46. The van der Waals surface area contributed by atoms with Gasteiger partial charge in [-0.1, -0.05) is 30.3 Å². The van der Waals surface area contributed by atoms with Gasteiger partial charge in [0.2, 0.25) is 10.0 Å². The largest absolute Gasteiger partial charge is 0.494 e. The first-order chi connectivity index (χ1) is 11.5. The van der Waals surface area contributed by atoms with Crippen LogP contribution in [0.5, 0.6) is 5.75 Å². The molecule has 0 aliphatic carbocycles. The second-order valence-electron chi connectivity index (χ2n) is 5.91. The lowest BCUT2D eigenvalue weighted by Crippen LogP contribution is -2.32. The molecule has 1 saturated heterocycles. The summed E-state index contributed by atoms with van der Waals surface area (Å²) in [6.45, 7) is 3.17. The van der Waals surface area contributed by atoms with E-state index < -0.39 is 10.0 Å². The minimum Gasteiger partial charge on any atom is -0.494 e. The van der Waals surface area contributed by atoms with Crippen LogP contribution in [0.3, 0.4) is 0 Å². The minimum atomic E-state index is -3.55. The van der Waals surface area contributed by atoms with E-state index in [0.29, 0.717) is 25.4 Å². The van der Waals surface area contributed by atoms with Gasteiger partial charge in [0.05, 0.1) is 11.5 Å². The number of sulfonamides is 1. The fourth-order valence-electron chi connectivity index (χ4n) is 3.06. The van der Waals surface area contributed by atoms with Gasteiger partial charge in [-0.15, -0.1) is 12.4 Å². The molecule has 5 nitrogen and oxygen atoms in total. The molecule has 0 bridgehead atoms. The van der Waals surface area contributed by atoms with Gasteiger partial charge in [0.15, 0.2) is 0 Å². The van der Waals surface area contributed by atoms with E-state index in [0.717, 1.165) is 5.56 Å². The summed E-state index contributed by atoms with van der Waals surface area (Å²) in [5, 5.41) is 0. The molecule has 3 rings (SSSR count).